The zero-order valence-corrected chi connectivity index (χ0v) is 20.5. The second-order valence-electron chi connectivity index (χ2n) is 8.54. The van der Waals surface area contributed by atoms with Crippen molar-refractivity contribution in [1.29, 1.82) is 0 Å². The zero-order chi connectivity index (χ0) is 24.8. The first-order chi connectivity index (χ1) is 16.9. The molecule has 4 rings (SSSR count). The van der Waals surface area contributed by atoms with Crippen LogP contribution < -0.4 is 10.3 Å². The Morgan fingerprint density at radius 1 is 1.11 bits per heavy atom. The summed E-state index contributed by atoms with van der Waals surface area (Å²) in [5, 5.41) is 9.46. The van der Waals surface area contributed by atoms with E-state index in [1.54, 1.807) is 23.5 Å². The van der Waals surface area contributed by atoms with Gasteiger partial charge in [-0.2, -0.15) is 5.10 Å². The maximum absolute atomic E-state index is 13.1. The Morgan fingerprint density at radius 3 is 2.57 bits per heavy atom. The van der Waals surface area contributed by atoms with Crippen LogP contribution in [-0.4, -0.2) is 65.1 Å². The molecule has 0 radical (unpaired) electrons. The Hall–Kier alpha value is -4.04. The first-order valence-corrected chi connectivity index (χ1v) is 11.7. The molecule has 1 aliphatic rings. The summed E-state index contributed by atoms with van der Waals surface area (Å²) in [5.41, 5.74) is 4.55. The Balaban J connectivity index is 1.54. The van der Waals surface area contributed by atoms with E-state index in [-0.39, 0.29) is 5.91 Å². The number of piperazine rings is 1. The van der Waals surface area contributed by atoms with Gasteiger partial charge in [-0.3, -0.25) is 4.79 Å². The summed E-state index contributed by atoms with van der Waals surface area (Å²) in [5.74, 6) is 0.463. The van der Waals surface area contributed by atoms with Crippen LogP contribution in [0, 0.1) is 6.92 Å². The van der Waals surface area contributed by atoms with Gasteiger partial charge in [0.05, 0.1) is 17.1 Å². The Kier molecular flexibility index (Phi) is 7.52. The number of anilines is 3. The number of benzene rings is 2. The van der Waals surface area contributed by atoms with Crippen LogP contribution in [0.5, 0.6) is 0 Å². The van der Waals surface area contributed by atoms with Gasteiger partial charge in [-0.1, -0.05) is 24.8 Å². The van der Waals surface area contributed by atoms with Crippen molar-refractivity contribution >= 4 is 35.1 Å². The summed E-state index contributed by atoms with van der Waals surface area (Å²) in [6, 6.07) is 17.3. The van der Waals surface area contributed by atoms with Gasteiger partial charge in [0.2, 0.25) is 5.95 Å². The molecule has 1 saturated heterocycles. The number of likely N-dealkylation sites (N-methyl/N-ethyl adjacent to an activating group) is 1. The lowest BCUT2D eigenvalue weighted by atomic mass is 10.1. The standard InChI is InChI=1S/C27H31N7O/c1-5-29-34(24-9-7-6-8-10-24)21(3)25-11-12-28-27(31-25)30-23-18-20(2)17-22(19-23)26(35)33-15-13-32(4)14-16-33/h5-12,17-19H,3,13-16H2,1-2,4H3,(H,28,30,31)/b29-5-. The molecule has 1 amide bonds. The predicted octanol–water partition coefficient (Wildman–Crippen LogP) is 4.40. The molecule has 0 spiro atoms. The van der Waals surface area contributed by atoms with Gasteiger partial charge in [0.25, 0.3) is 5.91 Å². The zero-order valence-electron chi connectivity index (χ0n) is 20.5. The van der Waals surface area contributed by atoms with Crippen molar-refractivity contribution < 1.29 is 4.79 Å². The molecular formula is C27H31N7O. The van der Waals surface area contributed by atoms with E-state index >= 15 is 0 Å². The number of carbonyl (C=O) groups is 1. The number of hydrogen-bond acceptors (Lipinski definition) is 7. The van der Waals surface area contributed by atoms with Crippen molar-refractivity contribution in [3.8, 4) is 0 Å². The van der Waals surface area contributed by atoms with E-state index in [0.29, 0.717) is 22.9 Å². The minimum absolute atomic E-state index is 0.0452. The number of carbonyl (C=O) groups excluding carboxylic acids is 1. The van der Waals surface area contributed by atoms with Crippen LogP contribution in [0.1, 0.15) is 28.5 Å². The van der Waals surface area contributed by atoms with E-state index in [2.05, 4.69) is 38.9 Å². The summed E-state index contributed by atoms with van der Waals surface area (Å²) in [4.78, 5) is 26.3. The summed E-state index contributed by atoms with van der Waals surface area (Å²) >= 11 is 0. The van der Waals surface area contributed by atoms with Crippen LogP contribution in [0.2, 0.25) is 0 Å². The number of para-hydroxylation sites is 1. The molecule has 0 aliphatic carbocycles. The minimum Gasteiger partial charge on any atom is -0.336 e. The van der Waals surface area contributed by atoms with E-state index < -0.39 is 0 Å². The number of aromatic nitrogens is 2. The summed E-state index contributed by atoms with van der Waals surface area (Å²) < 4.78 is 0. The average molecular weight is 470 g/mol. The summed E-state index contributed by atoms with van der Waals surface area (Å²) in [7, 11) is 2.08. The number of hydrazone groups is 1. The van der Waals surface area contributed by atoms with Crippen molar-refractivity contribution in [2.24, 2.45) is 5.10 Å². The first kappa shape index (κ1) is 24.1. The van der Waals surface area contributed by atoms with Crippen LogP contribution in [0.4, 0.5) is 17.3 Å². The Morgan fingerprint density at radius 2 is 1.86 bits per heavy atom. The highest BCUT2D eigenvalue weighted by molar-refractivity contribution is 5.95. The fourth-order valence-corrected chi connectivity index (χ4v) is 3.96. The van der Waals surface area contributed by atoms with Crippen molar-refractivity contribution in [2.75, 3.05) is 43.6 Å². The summed E-state index contributed by atoms with van der Waals surface area (Å²) in [6.07, 6.45) is 3.39. The molecular weight excluding hydrogens is 438 g/mol. The van der Waals surface area contributed by atoms with Gasteiger partial charge >= 0.3 is 0 Å². The van der Waals surface area contributed by atoms with E-state index in [0.717, 1.165) is 43.1 Å². The predicted molar refractivity (Wildman–Crippen MR) is 142 cm³/mol. The van der Waals surface area contributed by atoms with E-state index in [4.69, 9.17) is 0 Å². The smallest absolute Gasteiger partial charge is 0.254 e. The maximum atomic E-state index is 13.1. The van der Waals surface area contributed by atoms with Crippen molar-refractivity contribution in [3.63, 3.8) is 0 Å². The van der Waals surface area contributed by atoms with Crippen LogP contribution in [0.3, 0.4) is 0 Å². The van der Waals surface area contributed by atoms with Crippen LogP contribution >= 0.6 is 0 Å². The molecule has 0 atom stereocenters. The fourth-order valence-electron chi connectivity index (χ4n) is 3.96. The van der Waals surface area contributed by atoms with E-state index in [1.807, 2.05) is 67.3 Å². The molecule has 8 nitrogen and oxygen atoms in total. The lowest BCUT2D eigenvalue weighted by Crippen LogP contribution is -2.47. The molecule has 0 unspecified atom stereocenters. The minimum atomic E-state index is 0.0452. The molecule has 1 aliphatic heterocycles. The highest BCUT2D eigenvalue weighted by atomic mass is 16.2. The number of hydrogen-bond donors (Lipinski definition) is 1. The van der Waals surface area contributed by atoms with Crippen molar-refractivity contribution in [1.82, 2.24) is 19.8 Å². The second kappa shape index (κ2) is 10.9. The lowest BCUT2D eigenvalue weighted by molar-refractivity contribution is 0.0664. The molecule has 1 N–H and O–H groups in total. The monoisotopic (exact) mass is 469 g/mol. The fraction of sp³-hybridized carbons (Fsp3) is 0.259. The van der Waals surface area contributed by atoms with Gasteiger partial charge in [0, 0.05) is 49.8 Å². The molecule has 8 heteroatoms. The van der Waals surface area contributed by atoms with Gasteiger partial charge in [-0.05, 0) is 62.9 Å². The van der Waals surface area contributed by atoms with Gasteiger partial charge < -0.3 is 15.1 Å². The van der Waals surface area contributed by atoms with Gasteiger partial charge in [-0.15, -0.1) is 0 Å². The van der Waals surface area contributed by atoms with E-state index in [9.17, 15) is 4.79 Å². The van der Waals surface area contributed by atoms with Gasteiger partial charge in [-0.25, -0.2) is 15.0 Å². The number of aryl methyl sites for hydroxylation is 1. The molecule has 0 bridgehead atoms. The van der Waals surface area contributed by atoms with Gasteiger partial charge in [0.1, 0.15) is 0 Å². The van der Waals surface area contributed by atoms with Gasteiger partial charge in [0.15, 0.2) is 0 Å². The highest BCUT2D eigenvalue weighted by Crippen LogP contribution is 2.25. The van der Waals surface area contributed by atoms with Crippen LogP contribution in [-0.2, 0) is 0 Å². The number of amides is 1. The molecule has 2 heterocycles. The number of rotatable bonds is 7. The molecule has 0 saturated carbocycles. The highest BCUT2D eigenvalue weighted by Gasteiger charge is 2.21. The van der Waals surface area contributed by atoms with Crippen molar-refractivity contribution in [3.05, 3.63) is 84.2 Å². The normalized spacial score (nSPS) is 14.2. The largest absolute Gasteiger partial charge is 0.336 e. The molecule has 35 heavy (non-hydrogen) atoms. The topological polar surface area (TPSA) is 77.0 Å². The van der Waals surface area contributed by atoms with Crippen molar-refractivity contribution in [2.45, 2.75) is 13.8 Å². The Bertz CT molecular complexity index is 1220. The number of nitrogens with one attached hydrogen (secondary N) is 1. The van der Waals surface area contributed by atoms with Crippen LogP contribution in [0.15, 0.2) is 72.5 Å². The third-order valence-electron chi connectivity index (χ3n) is 5.81. The molecule has 2 aromatic carbocycles. The third kappa shape index (κ3) is 5.91. The third-order valence-corrected chi connectivity index (χ3v) is 5.81. The quantitative estimate of drug-likeness (QED) is 0.408. The SMILES string of the molecule is C=C(c1ccnc(Nc2cc(C)cc(C(=O)N3CCN(C)CC3)c2)n1)N(/N=C\C)c1ccccc1. The lowest BCUT2D eigenvalue weighted by Gasteiger charge is -2.32. The van der Waals surface area contributed by atoms with E-state index in [1.165, 1.54) is 0 Å². The molecule has 1 aromatic heterocycles. The molecule has 3 aromatic rings. The second-order valence-corrected chi connectivity index (χ2v) is 8.54. The van der Waals surface area contributed by atoms with Crippen LogP contribution in [0.25, 0.3) is 5.70 Å². The number of nitrogens with zero attached hydrogens (tertiary/aromatic N) is 6. The molecule has 1 fully saturated rings. The maximum Gasteiger partial charge on any atom is 0.254 e. The summed E-state index contributed by atoms with van der Waals surface area (Å²) in [6.45, 7) is 11.3. The average Bonchev–Trinajstić information content (AvgIpc) is 2.87. The molecule has 180 valence electrons. The first-order valence-electron chi connectivity index (χ1n) is 11.7. The Labute approximate surface area is 206 Å².